The predicted octanol–water partition coefficient (Wildman–Crippen LogP) is 2.71. The molecule has 1 aliphatic rings. The van der Waals surface area contributed by atoms with Crippen molar-refractivity contribution in [3.05, 3.63) is 52.7 Å². The van der Waals surface area contributed by atoms with Crippen LogP contribution < -0.4 is 10.3 Å². The average Bonchev–Trinajstić information content (AvgIpc) is 2.65. The second-order valence-electron chi connectivity index (χ2n) is 5.91. The first-order chi connectivity index (χ1) is 12.1. The second-order valence-corrected chi connectivity index (χ2v) is 5.91. The smallest absolute Gasteiger partial charge is 0.238 e. The minimum atomic E-state index is -0.647. The normalized spacial score (nSPS) is 14.8. The van der Waals surface area contributed by atoms with E-state index in [1.165, 1.54) is 6.07 Å². The molecule has 1 aliphatic heterocycles. The fourth-order valence-corrected chi connectivity index (χ4v) is 3.06. The number of nitrogens with zero attached hydrogens (tertiary/aromatic N) is 1. The van der Waals surface area contributed by atoms with E-state index >= 15 is 0 Å². The van der Waals surface area contributed by atoms with Crippen LogP contribution in [0, 0.1) is 0 Å². The Morgan fingerprint density at radius 3 is 2.44 bits per heavy atom. The summed E-state index contributed by atoms with van der Waals surface area (Å²) in [6, 6.07) is 12.1. The van der Waals surface area contributed by atoms with Gasteiger partial charge in [0.25, 0.3) is 0 Å². The Bertz CT molecular complexity index is 975. The second kappa shape index (κ2) is 6.14. The Labute approximate surface area is 143 Å². The number of phenols is 1. The van der Waals surface area contributed by atoms with Crippen molar-refractivity contribution in [2.75, 3.05) is 31.2 Å². The van der Waals surface area contributed by atoms with Gasteiger partial charge in [-0.25, -0.2) is 0 Å². The molecule has 0 aliphatic carbocycles. The lowest BCUT2D eigenvalue weighted by atomic mass is 10.1. The Balaban J connectivity index is 1.92. The van der Waals surface area contributed by atoms with E-state index in [0.717, 1.165) is 5.69 Å². The number of aromatic hydroxyl groups is 2. The van der Waals surface area contributed by atoms with Gasteiger partial charge in [0, 0.05) is 36.5 Å². The fraction of sp³-hybridized carbons (Fsp3) is 0.211. The fourth-order valence-electron chi connectivity index (χ4n) is 3.06. The molecule has 25 heavy (non-hydrogen) atoms. The van der Waals surface area contributed by atoms with E-state index < -0.39 is 11.2 Å². The SMILES string of the molecule is O=c1c(O)c(-c2ccccc2)oc2cc(N3CCOCC3)cc(O)c12. The maximum absolute atomic E-state index is 12.5. The maximum Gasteiger partial charge on any atom is 0.238 e. The minimum Gasteiger partial charge on any atom is -0.507 e. The van der Waals surface area contributed by atoms with Crippen molar-refractivity contribution in [2.45, 2.75) is 0 Å². The van der Waals surface area contributed by atoms with E-state index in [1.807, 2.05) is 6.07 Å². The topological polar surface area (TPSA) is 83.1 Å². The van der Waals surface area contributed by atoms with Crippen molar-refractivity contribution < 1.29 is 19.4 Å². The molecule has 1 saturated heterocycles. The Kier molecular flexibility index (Phi) is 3.82. The van der Waals surface area contributed by atoms with Crippen LogP contribution in [-0.4, -0.2) is 36.5 Å². The van der Waals surface area contributed by atoms with E-state index in [0.29, 0.717) is 31.9 Å². The molecule has 0 atom stereocenters. The number of fused-ring (bicyclic) bond motifs is 1. The van der Waals surface area contributed by atoms with Gasteiger partial charge in [-0.15, -0.1) is 0 Å². The van der Waals surface area contributed by atoms with Gasteiger partial charge in [-0.3, -0.25) is 4.79 Å². The number of anilines is 1. The van der Waals surface area contributed by atoms with Gasteiger partial charge in [-0.2, -0.15) is 0 Å². The molecule has 0 saturated carbocycles. The molecule has 1 aromatic heterocycles. The molecule has 4 rings (SSSR count). The molecule has 1 fully saturated rings. The van der Waals surface area contributed by atoms with E-state index in [9.17, 15) is 15.0 Å². The number of hydrogen-bond donors (Lipinski definition) is 2. The van der Waals surface area contributed by atoms with Gasteiger partial charge in [0.05, 0.1) is 13.2 Å². The van der Waals surface area contributed by atoms with E-state index in [2.05, 4.69) is 4.90 Å². The summed E-state index contributed by atoms with van der Waals surface area (Å²) in [5.41, 5.74) is 0.936. The van der Waals surface area contributed by atoms with Crippen LogP contribution in [0.4, 0.5) is 5.69 Å². The zero-order valence-corrected chi connectivity index (χ0v) is 13.4. The molecule has 0 spiro atoms. The molecule has 6 nitrogen and oxygen atoms in total. The average molecular weight is 339 g/mol. The lowest BCUT2D eigenvalue weighted by Crippen LogP contribution is -2.36. The zero-order valence-electron chi connectivity index (χ0n) is 13.4. The third-order valence-electron chi connectivity index (χ3n) is 4.35. The highest BCUT2D eigenvalue weighted by Crippen LogP contribution is 2.35. The highest BCUT2D eigenvalue weighted by molar-refractivity contribution is 5.90. The van der Waals surface area contributed by atoms with Crippen molar-refractivity contribution in [1.82, 2.24) is 0 Å². The highest BCUT2D eigenvalue weighted by atomic mass is 16.5. The predicted molar refractivity (Wildman–Crippen MR) is 94.3 cm³/mol. The van der Waals surface area contributed by atoms with Crippen LogP contribution in [0.15, 0.2) is 51.7 Å². The Morgan fingerprint density at radius 2 is 1.72 bits per heavy atom. The number of ether oxygens (including phenoxy) is 1. The van der Waals surface area contributed by atoms with E-state index in [1.54, 1.807) is 30.3 Å². The van der Waals surface area contributed by atoms with Crippen molar-refractivity contribution >= 4 is 16.7 Å². The van der Waals surface area contributed by atoms with E-state index in [4.69, 9.17) is 9.15 Å². The first-order valence-corrected chi connectivity index (χ1v) is 8.06. The van der Waals surface area contributed by atoms with Gasteiger partial charge in [0.15, 0.2) is 5.76 Å². The van der Waals surface area contributed by atoms with Gasteiger partial charge in [0.1, 0.15) is 16.7 Å². The Morgan fingerprint density at radius 1 is 1.00 bits per heavy atom. The highest BCUT2D eigenvalue weighted by Gasteiger charge is 2.20. The van der Waals surface area contributed by atoms with Gasteiger partial charge in [-0.1, -0.05) is 30.3 Å². The summed E-state index contributed by atoms with van der Waals surface area (Å²) < 4.78 is 11.1. The van der Waals surface area contributed by atoms with E-state index in [-0.39, 0.29) is 22.5 Å². The van der Waals surface area contributed by atoms with Crippen LogP contribution >= 0.6 is 0 Å². The number of hydrogen-bond acceptors (Lipinski definition) is 6. The molecule has 0 unspecified atom stereocenters. The van der Waals surface area contributed by atoms with Crippen LogP contribution in [0.5, 0.6) is 11.5 Å². The molecule has 2 heterocycles. The summed E-state index contributed by atoms with van der Waals surface area (Å²) >= 11 is 0. The van der Waals surface area contributed by atoms with Crippen LogP contribution in [-0.2, 0) is 4.74 Å². The van der Waals surface area contributed by atoms with Crippen LogP contribution in [0.2, 0.25) is 0 Å². The standard InChI is InChI=1S/C19H17NO5/c21-14-10-13(20-6-8-24-9-7-20)11-15-16(14)17(22)18(23)19(25-15)12-4-2-1-3-5-12/h1-5,10-11,21,23H,6-9H2. The minimum absolute atomic E-state index is 0.0193. The third kappa shape index (κ3) is 2.70. The molecule has 128 valence electrons. The van der Waals surface area contributed by atoms with Crippen molar-refractivity contribution in [1.29, 1.82) is 0 Å². The van der Waals surface area contributed by atoms with Crippen molar-refractivity contribution in [2.24, 2.45) is 0 Å². The Hall–Kier alpha value is -2.99. The molecule has 2 N–H and O–H groups in total. The molecular weight excluding hydrogens is 322 g/mol. The number of morpholine rings is 1. The first-order valence-electron chi connectivity index (χ1n) is 8.06. The summed E-state index contributed by atoms with van der Waals surface area (Å²) in [5.74, 6) is -0.618. The summed E-state index contributed by atoms with van der Waals surface area (Å²) in [4.78, 5) is 14.6. The van der Waals surface area contributed by atoms with Crippen LogP contribution in [0.1, 0.15) is 0 Å². The summed E-state index contributed by atoms with van der Waals surface area (Å²) in [5, 5.41) is 20.5. The van der Waals surface area contributed by atoms with Gasteiger partial charge < -0.3 is 24.3 Å². The van der Waals surface area contributed by atoms with Gasteiger partial charge in [0.2, 0.25) is 11.2 Å². The molecule has 6 heteroatoms. The molecule has 0 radical (unpaired) electrons. The van der Waals surface area contributed by atoms with Crippen LogP contribution in [0.3, 0.4) is 0 Å². The molecule has 2 aromatic carbocycles. The van der Waals surface area contributed by atoms with Crippen LogP contribution in [0.25, 0.3) is 22.3 Å². The monoisotopic (exact) mass is 339 g/mol. The lowest BCUT2D eigenvalue weighted by molar-refractivity contribution is 0.122. The summed E-state index contributed by atoms with van der Waals surface area (Å²) in [6.45, 7) is 2.60. The largest absolute Gasteiger partial charge is 0.507 e. The van der Waals surface area contributed by atoms with Gasteiger partial charge in [-0.05, 0) is 0 Å². The number of phenolic OH excluding ortho intramolecular Hbond substituents is 1. The molecular formula is C19H17NO5. The quantitative estimate of drug-likeness (QED) is 0.747. The third-order valence-corrected chi connectivity index (χ3v) is 4.35. The summed E-state index contributed by atoms with van der Waals surface area (Å²) in [6.07, 6.45) is 0. The first kappa shape index (κ1) is 15.5. The molecule has 3 aromatic rings. The molecule has 0 bridgehead atoms. The number of rotatable bonds is 2. The summed E-state index contributed by atoms with van der Waals surface area (Å²) in [7, 11) is 0. The maximum atomic E-state index is 12.5. The van der Waals surface area contributed by atoms with Crippen molar-refractivity contribution in [3.63, 3.8) is 0 Å². The van der Waals surface area contributed by atoms with Gasteiger partial charge >= 0.3 is 0 Å². The lowest BCUT2D eigenvalue weighted by Gasteiger charge is -2.29. The van der Waals surface area contributed by atoms with Crippen molar-refractivity contribution in [3.8, 4) is 22.8 Å². The molecule has 0 amide bonds. The number of benzene rings is 2. The zero-order chi connectivity index (χ0) is 17.4.